The SMILES string of the molecule is C[CH](C(C)(C)C)[Hf]([Cl])([Cl])[CH](C)C(C)(C)C. The van der Waals surface area contributed by atoms with Crippen LogP contribution in [-0.4, -0.2) is 0 Å². The van der Waals surface area contributed by atoms with Gasteiger partial charge < -0.3 is 0 Å². The molecule has 0 fully saturated rings. The minimum absolute atomic E-state index is 0.227. The van der Waals surface area contributed by atoms with Crippen LogP contribution >= 0.6 is 17.2 Å². The molecule has 0 aliphatic carbocycles. The van der Waals surface area contributed by atoms with Crippen molar-refractivity contribution in [1.82, 2.24) is 0 Å². The normalized spacial score (nSPS) is 18.8. The maximum absolute atomic E-state index is 6.79. The van der Waals surface area contributed by atoms with Gasteiger partial charge in [0, 0.05) is 0 Å². The van der Waals surface area contributed by atoms with Crippen LogP contribution in [0.4, 0.5) is 0 Å². The van der Waals surface area contributed by atoms with Crippen LogP contribution in [0, 0.1) is 10.8 Å². The van der Waals surface area contributed by atoms with Gasteiger partial charge in [-0.2, -0.15) is 0 Å². The quantitative estimate of drug-likeness (QED) is 0.470. The Balaban J connectivity index is 4.98. The van der Waals surface area contributed by atoms with Crippen LogP contribution < -0.4 is 0 Å². The first-order valence-corrected chi connectivity index (χ1v) is 18.7. The molecule has 0 aromatic rings. The number of halogens is 2. The Labute approximate surface area is 108 Å². The van der Waals surface area contributed by atoms with Gasteiger partial charge in [-0.3, -0.25) is 0 Å². The van der Waals surface area contributed by atoms with E-state index < -0.39 is 17.6 Å². The fourth-order valence-corrected chi connectivity index (χ4v) is 23.2. The van der Waals surface area contributed by atoms with Crippen molar-refractivity contribution in [3.8, 4) is 0 Å². The molecule has 0 amide bonds. The molecular weight excluding hydrogens is 394 g/mol. The summed E-state index contributed by atoms with van der Waals surface area (Å²) in [6, 6.07) is 0. The van der Waals surface area contributed by atoms with Gasteiger partial charge in [0.05, 0.1) is 0 Å². The van der Waals surface area contributed by atoms with E-state index in [-0.39, 0.29) is 10.8 Å². The monoisotopic (exact) mass is 420 g/mol. The van der Waals surface area contributed by atoms with Crippen molar-refractivity contribution in [2.45, 2.75) is 62.7 Å². The number of rotatable bonds is 2. The first-order chi connectivity index (χ1) is 6.31. The van der Waals surface area contributed by atoms with Gasteiger partial charge in [-0.25, -0.2) is 0 Å². The van der Waals surface area contributed by atoms with Crippen LogP contribution in [0.5, 0.6) is 0 Å². The Bertz CT molecular complexity index is 189. The maximum atomic E-state index is 6.79. The second kappa shape index (κ2) is 4.98. The molecule has 0 spiro atoms. The van der Waals surface area contributed by atoms with E-state index in [1.54, 1.807) is 0 Å². The second-order valence-electron chi connectivity index (χ2n) is 6.85. The number of hydrogen-bond donors (Lipinski definition) is 0. The Morgan fingerprint density at radius 3 is 1.07 bits per heavy atom. The van der Waals surface area contributed by atoms with E-state index >= 15 is 0 Å². The molecule has 92 valence electrons. The fraction of sp³-hybridized carbons (Fsp3) is 1.00. The van der Waals surface area contributed by atoms with Crippen LogP contribution in [0.15, 0.2) is 0 Å². The van der Waals surface area contributed by atoms with Gasteiger partial charge in [0.2, 0.25) is 0 Å². The summed E-state index contributed by atoms with van der Waals surface area (Å²) < 4.78 is 0.949. The first kappa shape index (κ1) is 16.5. The van der Waals surface area contributed by atoms with Crippen molar-refractivity contribution in [2.75, 3.05) is 0 Å². The third-order valence-corrected chi connectivity index (χ3v) is 29.0. The molecule has 3 heteroatoms. The van der Waals surface area contributed by atoms with Gasteiger partial charge in [-0.05, 0) is 0 Å². The molecule has 0 aliphatic heterocycles. The molecule has 0 saturated heterocycles. The fourth-order valence-electron chi connectivity index (χ4n) is 1.53. The van der Waals surface area contributed by atoms with Crippen molar-refractivity contribution < 1.29 is 17.6 Å². The molecule has 0 aliphatic rings. The molecule has 2 atom stereocenters. The molecule has 0 radical (unpaired) electrons. The van der Waals surface area contributed by atoms with E-state index in [9.17, 15) is 0 Å². The van der Waals surface area contributed by atoms with Crippen molar-refractivity contribution in [2.24, 2.45) is 10.8 Å². The van der Waals surface area contributed by atoms with Crippen molar-refractivity contribution >= 4 is 17.2 Å². The zero-order valence-electron chi connectivity index (χ0n) is 11.4. The van der Waals surface area contributed by atoms with E-state index in [4.69, 9.17) is 17.2 Å². The van der Waals surface area contributed by atoms with Gasteiger partial charge in [0.1, 0.15) is 0 Å². The summed E-state index contributed by atoms with van der Waals surface area (Å²) in [6.45, 7) is 17.9. The molecule has 0 rings (SSSR count). The van der Waals surface area contributed by atoms with Crippen LogP contribution in [0.25, 0.3) is 0 Å². The summed E-state index contributed by atoms with van der Waals surface area (Å²) in [4.78, 5) is 0. The van der Waals surface area contributed by atoms with E-state index in [1.165, 1.54) is 0 Å². The average Bonchev–Trinajstić information content (AvgIpc) is 1.98. The molecule has 15 heavy (non-hydrogen) atoms. The Kier molecular flexibility index (Phi) is 5.46. The summed E-state index contributed by atoms with van der Waals surface area (Å²) in [5, 5.41) is 0. The zero-order chi connectivity index (χ0) is 12.7. The Morgan fingerprint density at radius 1 is 0.733 bits per heavy atom. The molecule has 2 unspecified atom stereocenters. The Morgan fingerprint density at radius 2 is 0.933 bits per heavy atom. The van der Waals surface area contributed by atoms with E-state index in [0.717, 1.165) is 0 Å². The topological polar surface area (TPSA) is 0 Å². The molecule has 0 N–H and O–H groups in total. The van der Waals surface area contributed by atoms with Crippen molar-refractivity contribution in [3.63, 3.8) is 0 Å². The van der Waals surface area contributed by atoms with E-state index in [2.05, 4.69) is 55.4 Å². The second-order valence-corrected chi connectivity index (χ2v) is 29.7. The summed E-state index contributed by atoms with van der Waals surface area (Å²) in [6.07, 6.45) is 0. The number of hydrogen-bond acceptors (Lipinski definition) is 0. The van der Waals surface area contributed by atoms with Gasteiger partial charge in [0.25, 0.3) is 0 Å². The van der Waals surface area contributed by atoms with Crippen LogP contribution in [-0.2, 0) is 17.6 Å². The van der Waals surface area contributed by atoms with Gasteiger partial charge in [0.15, 0.2) is 0 Å². The molecule has 0 bridgehead atoms. The van der Waals surface area contributed by atoms with E-state index in [1.807, 2.05) is 0 Å². The third-order valence-electron chi connectivity index (χ3n) is 3.75. The molecule has 0 aromatic heterocycles. The predicted octanol–water partition coefficient (Wildman–Crippen LogP) is 6.16. The van der Waals surface area contributed by atoms with Crippen LogP contribution in [0.3, 0.4) is 0 Å². The van der Waals surface area contributed by atoms with Crippen molar-refractivity contribution in [3.05, 3.63) is 0 Å². The Hall–Kier alpha value is 1.45. The third kappa shape index (κ3) is 4.32. The zero-order valence-corrected chi connectivity index (χ0v) is 16.5. The van der Waals surface area contributed by atoms with E-state index in [0.29, 0.717) is 7.35 Å². The summed E-state index contributed by atoms with van der Waals surface area (Å²) in [5.41, 5.74) is 0.454. The molecule has 0 saturated carbocycles. The predicted molar refractivity (Wildman–Crippen MR) is 69.5 cm³/mol. The summed E-state index contributed by atoms with van der Waals surface area (Å²) >= 11 is -3.18. The van der Waals surface area contributed by atoms with Crippen LogP contribution in [0.1, 0.15) is 55.4 Å². The molecule has 0 nitrogen and oxygen atoms in total. The first-order valence-electron chi connectivity index (χ1n) is 5.69. The van der Waals surface area contributed by atoms with Crippen LogP contribution in [0.2, 0.25) is 7.35 Å². The summed E-state index contributed by atoms with van der Waals surface area (Å²) in [7, 11) is 13.6. The minimum atomic E-state index is -3.18. The van der Waals surface area contributed by atoms with Crippen molar-refractivity contribution in [1.29, 1.82) is 0 Å². The van der Waals surface area contributed by atoms with Gasteiger partial charge >= 0.3 is 108 Å². The van der Waals surface area contributed by atoms with Gasteiger partial charge in [-0.1, -0.05) is 0 Å². The molecule has 0 heterocycles. The molecule has 0 aromatic carbocycles. The standard InChI is InChI=1S/2C6H13.2ClH.Hf/c2*1-5-6(2,3)4;;;/h2*5H,1-4H3;2*1H;/q;;;;+2/p-2. The van der Waals surface area contributed by atoms with Gasteiger partial charge in [-0.15, -0.1) is 0 Å². The average molecular weight is 420 g/mol. The summed E-state index contributed by atoms with van der Waals surface area (Å²) in [5.74, 6) is 0. The molecular formula is C12H26Cl2Hf.